The van der Waals surface area contributed by atoms with Crippen LogP contribution < -0.4 is 0 Å². The van der Waals surface area contributed by atoms with E-state index in [-0.39, 0.29) is 5.41 Å². The van der Waals surface area contributed by atoms with Crippen molar-refractivity contribution in [2.45, 2.75) is 5.41 Å². The molecule has 0 amide bonds. The van der Waals surface area contributed by atoms with Crippen molar-refractivity contribution in [3.05, 3.63) is 247 Å². The van der Waals surface area contributed by atoms with Crippen LogP contribution in [-0.4, -0.2) is 15.0 Å². The van der Waals surface area contributed by atoms with Gasteiger partial charge in [0.15, 0.2) is 17.5 Å². The predicted molar refractivity (Wildman–Crippen MR) is 283 cm³/mol. The second-order valence-electron chi connectivity index (χ2n) is 18.2. The van der Waals surface area contributed by atoms with Gasteiger partial charge in [0, 0.05) is 47.6 Å². The highest BCUT2D eigenvalue weighted by Crippen LogP contribution is 2.63. The molecule has 1 spiro atoms. The maximum Gasteiger partial charge on any atom is 0.164 e. The van der Waals surface area contributed by atoms with Gasteiger partial charge in [0.05, 0.1) is 5.41 Å². The van der Waals surface area contributed by atoms with Gasteiger partial charge >= 0.3 is 0 Å². The summed E-state index contributed by atoms with van der Waals surface area (Å²) < 4.78 is 9.03. The minimum Gasteiger partial charge on any atom is -0.456 e. The average Bonchev–Trinajstić information content (AvgIpc) is 4.16. The molecule has 69 heavy (non-hydrogen) atoms. The fraction of sp³-hybridized carbons (Fsp3) is 0.0156. The van der Waals surface area contributed by atoms with Crippen molar-refractivity contribution in [1.82, 2.24) is 15.0 Å². The number of rotatable bonds is 5. The fourth-order valence-corrected chi connectivity index (χ4v) is 12.7. The van der Waals surface area contributed by atoms with Crippen molar-refractivity contribution in [2.75, 3.05) is 0 Å². The molecule has 10 aromatic carbocycles. The van der Waals surface area contributed by atoms with Crippen LogP contribution >= 0.6 is 11.3 Å². The molecule has 0 bridgehead atoms. The van der Waals surface area contributed by atoms with Crippen LogP contribution in [0.3, 0.4) is 0 Å². The predicted octanol–water partition coefficient (Wildman–Crippen LogP) is 16.8. The van der Waals surface area contributed by atoms with Gasteiger partial charge in [0.2, 0.25) is 0 Å². The molecule has 3 heterocycles. The summed E-state index contributed by atoms with van der Waals surface area (Å²) in [5, 5.41) is 4.49. The molecule has 2 aliphatic rings. The Labute approximate surface area is 401 Å². The van der Waals surface area contributed by atoms with Crippen LogP contribution in [0.25, 0.3) is 121 Å². The lowest BCUT2D eigenvalue weighted by Crippen LogP contribution is -2.25. The lowest BCUT2D eigenvalue weighted by molar-refractivity contribution is 0.669. The van der Waals surface area contributed by atoms with E-state index in [4.69, 9.17) is 19.4 Å². The molecule has 13 aromatic rings. The van der Waals surface area contributed by atoms with Gasteiger partial charge in [-0.25, -0.2) is 15.0 Å². The molecule has 0 fully saturated rings. The number of hydrogen-bond donors (Lipinski definition) is 0. The molecular weight excluding hydrogens is 859 g/mol. The Balaban J connectivity index is 0.830. The summed E-state index contributed by atoms with van der Waals surface area (Å²) in [7, 11) is 0. The van der Waals surface area contributed by atoms with Crippen LogP contribution in [0, 0.1) is 0 Å². The molecule has 0 saturated heterocycles. The van der Waals surface area contributed by atoms with Crippen molar-refractivity contribution in [3.8, 4) is 78.7 Å². The standard InChI is InChI=1S/C64H37N3OS/c1-2-13-40(14-3-1)61-65-62(43-30-33-49-48-18-7-11-24-58(48)69-59(49)37-43)67-63(66-61)50-19-12-23-57-60(50)51-35-41(31-34-56(51)68-57)38-25-27-39(28-26-38)42-29-32-47-46-17-6-10-22-54(46)64(55(47)36-42)52-20-8-4-15-44(52)45-16-5-9-21-53(45)64/h1-37H. The number of nitrogens with zero attached hydrogens (tertiary/aromatic N) is 3. The Morgan fingerprint density at radius 2 is 0.841 bits per heavy atom. The second kappa shape index (κ2) is 14.6. The zero-order chi connectivity index (χ0) is 45.2. The average molecular weight is 896 g/mol. The van der Waals surface area contributed by atoms with E-state index in [9.17, 15) is 0 Å². The molecule has 5 heteroatoms. The maximum absolute atomic E-state index is 6.56. The van der Waals surface area contributed by atoms with E-state index < -0.39 is 0 Å². The Kier molecular flexibility index (Phi) is 8.12. The van der Waals surface area contributed by atoms with Crippen molar-refractivity contribution in [2.24, 2.45) is 0 Å². The Hall–Kier alpha value is -8.77. The summed E-state index contributed by atoms with van der Waals surface area (Å²) in [4.78, 5) is 15.5. The third kappa shape index (κ3) is 5.59. The summed E-state index contributed by atoms with van der Waals surface area (Å²) in [6, 6.07) is 81.0. The van der Waals surface area contributed by atoms with Crippen LogP contribution in [0.15, 0.2) is 229 Å². The lowest BCUT2D eigenvalue weighted by Gasteiger charge is -2.30. The van der Waals surface area contributed by atoms with Gasteiger partial charge in [-0.1, -0.05) is 188 Å². The van der Waals surface area contributed by atoms with Gasteiger partial charge in [-0.3, -0.25) is 0 Å². The highest BCUT2D eigenvalue weighted by Gasteiger charge is 2.51. The van der Waals surface area contributed by atoms with Crippen molar-refractivity contribution >= 4 is 53.4 Å². The van der Waals surface area contributed by atoms with Crippen molar-refractivity contribution < 1.29 is 4.42 Å². The van der Waals surface area contributed by atoms with Crippen LogP contribution in [0.5, 0.6) is 0 Å². The zero-order valence-corrected chi connectivity index (χ0v) is 37.8. The third-order valence-corrected chi connectivity index (χ3v) is 15.7. The number of benzene rings is 10. The molecule has 0 unspecified atom stereocenters. The van der Waals surface area contributed by atoms with E-state index in [1.165, 1.54) is 75.8 Å². The van der Waals surface area contributed by atoms with Gasteiger partial charge in [0.1, 0.15) is 11.2 Å². The summed E-state index contributed by atoms with van der Waals surface area (Å²) in [6.45, 7) is 0. The minimum atomic E-state index is -0.378. The van der Waals surface area contributed by atoms with E-state index in [0.29, 0.717) is 17.5 Å². The van der Waals surface area contributed by atoms with E-state index in [0.717, 1.165) is 49.8 Å². The molecule has 0 N–H and O–H groups in total. The second-order valence-corrected chi connectivity index (χ2v) is 19.3. The molecular formula is C64H37N3OS. The van der Waals surface area contributed by atoms with Crippen molar-refractivity contribution in [1.29, 1.82) is 0 Å². The van der Waals surface area contributed by atoms with Crippen LogP contribution in [-0.2, 0) is 5.41 Å². The Morgan fingerprint density at radius 3 is 1.57 bits per heavy atom. The first-order valence-electron chi connectivity index (χ1n) is 23.4. The van der Waals surface area contributed by atoms with E-state index in [1.807, 2.05) is 30.3 Å². The first-order valence-corrected chi connectivity index (χ1v) is 24.2. The van der Waals surface area contributed by atoms with Gasteiger partial charge < -0.3 is 4.42 Å². The van der Waals surface area contributed by atoms with Crippen LogP contribution in [0.1, 0.15) is 22.3 Å². The molecule has 15 rings (SSSR count). The molecule has 0 radical (unpaired) electrons. The first-order chi connectivity index (χ1) is 34.2. The fourth-order valence-electron chi connectivity index (χ4n) is 11.5. The molecule has 0 atom stereocenters. The van der Waals surface area contributed by atoms with Gasteiger partial charge in [-0.05, 0) is 103 Å². The number of thiophene rings is 1. The smallest absolute Gasteiger partial charge is 0.164 e. The summed E-state index contributed by atoms with van der Waals surface area (Å²) in [5.74, 6) is 1.85. The summed E-state index contributed by atoms with van der Waals surface area (Å²) in [6.07, 6.45) is 0. The van der Waals surface area contributed by atoms with E-state index in [2.05, 4.69) is 194 Å². The summed E-state index contributed by atoms with van der Waals surface area (Å²) in [5.41, 5.74) is 19.2. The normalized spacial score (nSPS) is 13.0. The number of fused-ring (bicyclic) bond motifs is 16. The molecule has 4 nitrogen and oxygen atoms in total. The third-order valence-electron chi connectivity index (χ3n) is 14.6. The van der Waals surface area contributed by atoms with Crippen LogP contribution in [0.2, 0.25) is 0 Å². The molecule has 3 aromatic heterocycles. The van der Waals surface area contributed by atoms with E-state index in [1.54, 1.807) is 11.3 Å². The molecule has 320 valence electrons. The SMILES string of the molecule is c1ccc(-c2nc(-c3ccc4c(c3)sc3ccccc34)nc(-c3cccc4oc5ccc(-c6ccc(-c7ccc8c(c7)C7(c9ccccc9-c9ccccc97)c7ccccc7-8)cc6)cc5c34)n2)cc1. The molecule has 2 aliphatic carbocycles. The monoisotopic (exact) mass is 895 g/mol. The highest BCUT2D eigenvalue weighted by molar-refractivity contribution is 7.25. The maximum atomic E-state index is 6.56. The number of hydrogen-bond acceptors (Lipinski definition) is 5. The van der Waals surface area contributed by atoms with Crippen LogP contribution in [0.4, 0.5) is 0 Å². The van der Waals surface area contributed by atoms with Gasteiger partial charge in [0.25, 0.3) is 0 Å². The topological polar surface area (TPSA) is 51.8 Å². The minimum absolute atomic E-state index is 0.378. The number of aromatic nitrogens is 3. The Bertz CT molecular complexity index is 4200. The van der Waals surface area contributed by atoms with E-state index >= 15 is 0 Å². The number of furan rings is 1. The molecule has 0 saturated carbocycles. The van der Waals surface area contributed by atoms with Crippen molar-refractivity contribution in [3.63, 3.8) is 0 Å². The largest absolute Gasteiger partial charge is 0.456 e. The van der Waals surface area contributed by atoms with Gasteiger partial charge in [-0.15, -0.1) is 11.3 Å². The lowest BCUT2D eigenvalue weighted by atomic mass is 9.70. The summed E-state index contributed by atoms with van der Waals surface area (Å²) >= 11 is 1.79. The highest BCUT2D eigenvalue weighted by atomic mass is 32.1. The Morgan fingerprint density at radius 1 is 0.304 bits per heavy atom. The van der Waals surface area contributed by atoms with Gasteiger partial charge in [-0.2, -0.15) is 0 Å². The zero-order valence-electron chi connectivity index (χ0n) is 37.0. The quantitative estimate of drug-likeness (QED) is 0.173. The first kappa shape index (κ1) is 38.3. The molecule has 0 aliphatic heterocycles.